The van der Waals surface area contributed by atoms with E-state index in [2.05, 4.69) is 96.4 Å². The first-order valence-corrected chi connectivity index (χ1v) is 20.4. The van der Waals surface area contributed by atoms with Crippen LogP contribution in [0.5, 0.6) is 0 Å². The molecule has 0 spiro atoms. The molecule has 5 rings (SSSR count). The van der Waals surface area contributed by atoms with Crippen molar-refractivity contribution in [2.45, 2.75) is 128 Å². The second-order valence-electron chi connectivity index (χ2n) is 14.9. The van der Waals surface area contributed by atoms with Gasteiger partial charge in [0.05, 0.1) is 12.9 Å². The fourth-order valence-corrected chi connectivity index (χ4v) is 18.0. The Labute approximate surface area is 274 Å². The number of carbonyl (C=O) groups excluding carboxylic acids is 1. The van der Waals surface area contributed by atoms with Crippen molar-refractivity contribution in [3.05, 3.63) is 48.0 Å². The minimum Gasteiger partial charge on any atom is -0.414 e. The number of nitrogens with one attached hydrogen (secondary N) is 1. The molecular formula is C33H51N5O6Si2. The molecule has 0 bridgehead atoms. The number of anilines is 1. The Kier molecular flexibility index (Phi) is 9.70. The molecule has 2 aliphatic heterocycles. The van der Waals surface area contributed by atoms with Gasteiger partial charge in [-0.05, 0) is 45.3 Å². The number of nitrogens with zero attached hydrogens (tertiary/aromatic N) is 4. The number of hydrogen-bond donors (Lipinski definition) is 2. The van der Waals surface area contributed by atoms with Gasteiger partial charge in [0, 0.05) is 5.56 Å². The Hall–Kier alpha value is -2.53. The Morgan fingerprint density at radius 2 is 1.54 bits per heavy atom. The van der Waals surface area contributed by atoms with Gasteiger partial charge in [0.2, 0.25) is 0 Å². The molecule has 46 heavy (non-hydrogen) atoms. The molecule has 0 saturated carbocycles. The quantitative estimate of drug-likeness (QED) is 0.268. The van der Waals surface area contributed by atoms with Crippen molar-refractivity contribution in [3.63, 3.8) is 0 Å². The molecule has 1 amide bonds. The summed E-state index contributed by atoms with van der Waals surface area (Å²) in [5.41, 5.74) is 3.06. The number of imidazole rings is 1. The Bertz CT molecular complexity index is 1520. The molecule has 4 atom stereocenters. The van der Waals surface area contributed by atoms with Gasteiger partial charge < -0.3 is 28.1 Å². The summed E-state index contributed by atoms with van der Waals surface area (Å²) in [6, 6.07) is 7.54. The molecule has 4 heterocycles. The van der Waals surface area contributed by atoms with Crippen LogP contribution in [0.25, 0.3) is 11.2 Å². The van der Waals surface area contributed by atoms with Gasteiger partial charge in [-0.2, -0.15) is 0 Å². The molecule has 2 aliphatic rings. The molecule has 11 nitrogen and oxygen atoms in total. The summed E-state index contributed by atoms with van der Waals surface area (Å²) in [4.78, 5) is 26.5. The molecule has 0 radical (unpaired) electrons. The average molecular weight is 670 g/mol. The number of benzene rings is 1. The summed E-state index contributed by atoms with van der Waals surface area (Å²) >= 11 is 0. The van der Waals surface area contributed by atoms with Crippen molar-refractivity contribution in [1.29, 1.82) is 0 Å². The predicted octanol–water partition coefficient (Wildman–Crippen LogP) is 6.59. The third-order valence-electron chi connectivity index (χ3n) is 9.52. The number of carbonyl (C=O) groups is 1. The largest absolute Gasteiger partial charge is 0.414 e. The van der Waals surface area contributed by atoms with Gasteiger partial charge in [-0.1, -0.05) is 88.3 Å². The lowest BCUT2D eigenvalue weighted by molar-refractivity contribution is -0.0570. The minimum atomic E-state index is -2.95. The van der Waals surface area contributed by atoms with Crippen LogP contribution >= 0.6 is 0 Å². The number of amides is 1. The van der Waals surface area contributed by atoms with E-state index in [0.717, 1.165) is 5.56 Å². The smallest absolute Gasteiger partial charge is 0.335 e. The lowest BCUT2D eigenvalue weighted by atomic mass is 9.87. The fourth-order valence-electron chi connectivity index (χ4n) is 6.80. The van der Waals surface area contributed by atoms with Crippen molar-refractivity contribution < 1.29 is 27.6 Å². The molecule has 3 aromatic rings. The highest BCUT2D eigenvalue weighted by atomic mass is 28.5. The van der Waals surface area contributed by atoms with Crippen LogP contribution in [0.15, 0.2) is 36.9 Å². The van der Waals surface area contributed by atoms with Gasteiger partial charge in [0.15, 0.2) is 23.2 Å². The van der Waals surface area contributed by atoms with E-state index < -0.39 is 41.7 Å². The van der Waals surface area contributed by atoms with E-state index in [0.29, 0.717) is 16.7 Å². The molecule has 252 valence electrons. The zero-order valence-electron chi connectivity index (χ0n) is 29.1. The van der Waals surface area contributed by atoms with Gasteiger partial charge in [0.25, 0.3) is 5.91 Å². The third-order valence-corrected chi connectivity index (χ3v) is 19.8. The fraction of sp³-hybridized carbons (Fsp3) is 0.636. The van der Waals surface area contributed by atoms with Crippen molar-refractivity contribution in [2.75, 3.05) is 11.9 Å². The van der Waals surface area contributed by atoms with Crippen molar-refractivity contribution in [3.8, 4) is 0 Å². The van der Waals surface area contributed by atoms with Gasteiger partial charge in [-0.3, -0.25) is 9.36 Å². The Morgan fingerprint density at radius 3 is 2.11 bits per heavy atom. The first-order chi connectivity index (χ1) is 21.5. The molecule has 2 fully saturated rings. The van der Waals surface area contributed by atoms with Gasteiger partial charge in [0.1, 0.15) is 24.6 Å². The van der Waals surface area contributed by atoms with Crippen LogP contribution in [-0.2, 0) is 23.1 Å². The maximum atomic E-state index is 13.2. The molecule has 2 aromatic heterocycles. The standard InChI is InChI=1S/C33H51N5O6Si2/c1-19(2)45(20(3)4)41-16-25-28(43-46(44-45,21(5)6)22(7)8)27(39)32(42-25)38-18-36-26-29(34-17-35-30(26)38)37-31(40)23-12-14-24(15-13-23)33(9,10)11/h12-15,17-22,25,27-28,32,39H,16H2,1-11H3,(H,34,35,37,40)/t25-,27-,28-,32-/m1/s1. The predicted molar refractivity (Wildman–Crippen MR) is 182 cm³/mol. The van der Waals surface area contributed by atoms with E-state index in [4.69, 9.17) is 17.7 Å². The van der Waals surface area contributed by atoms with Crippen LogP contribution in [0, 0.1) is 0 Å². The summed E-state index contributed by atoms with van der Waals surface area (Å²) in [5.74, 6) is -0.0290. The number of aliphatic hydroxyl groups is 1. The molecule has 0 unspecified atom stereocenters. The number of fused-ring (bicyclic) bond motifs is 2. The third kappa shape index (κ3) is 6.11. The summed E-state index contributed by atoms with van der Waals surface area (Å²) in [5, 5.41) is 14.7. The van der Waals surface area contributed by atoms with Crippen LogP contribution in [-0.4, -0.2) is 72.6 Å². The highest BCUT2D eigenvalue weighted by molar-refractivity contribution is 6.84. The Balaban J connectivity index is 1.45. The molecule has 1 aromatic carbocycles. The lowest BCUT2D eigenvalue weighted by Gasteiger charge is -2.51. The molecular weight excluding hydrogens is 619 g/mol. The zero-order valence-corrected chi connectivity index (χ0v) is 31.1. The van der Waals surface area contributed by atoms with E-state index in [-0.39, 0.29) is 45.9 Å². The topological polar surface area (TPSA) is 130 Å². The maximum absolute atomic E-state index is 13.2. The summed E-state index contributed by atoms with van der Waals surface area (Å²) < 4.78 is 29.4. The van der Waals surface area contributed by atoms with Crippen LogP contribution in [0.1, 0.15) is 98.3 Å². The molecule has 2 saturated heterocycles. The molecule has 13 heteroatoms. The van der Waals surface area contributed by atoms with Crippen molar-refractivity contribution in [1.82, 2.24) is 19.5 Å². The zero-order chi connectivity index (χ0) is 33.8. The second kappa shape index (κ2) is 12.8. The number of aromatic nitrogens is 4. The second-order valence-corrected chi connectivity index (χ2v) is 23.8. The van der Waals surface area contributed by atoms with E-state index in [9.17, 15) is 9.90 Å². The normalized spacial score (nSPS) is 24.9. The SMILES string of the molecule is CC(C)[Si]1(C(C)C)OC[C@H]2O[C@@H](n3cnc4c(NC(=O)c5ccc(C(C)(C)C)cc5)ncnc43)[C@H](O)[C@@H]2O[Si](C(C)C)(C(C)C)O1. The minimum absolute atomic E-state index is 0.0192. The summed E-state index contributed by atoms with van der Waals surface area (Å²) in [6.07, 6.45) is -0.133. The van der Waals surface area contributed by atoms with Crippen LogP contribution in [0.4, 0.5) is 5.82 Å². The van der Waals surface area contributed by atoms with Crippen molar-refractivity contribution >= 4 is 40.0 Å². The lowest BCUT2D eigenvalue weighted by Crippen LogP contribution is -2.65. The van der Waals surface area contributed by atoms with E-state index in [1.54, 1.807) is 10.9 Å². The summed E-state index contributed by atoms with van der Waals surface area (Å²) in [6.45, 7) is 23.9. The number of aliphatic hydroxyl groups excluding tert-OH is 1. The Morgan fingerprint density at radius 1 is 0.935 bits per heavy atom. The van der Waals surface area contributed by atoms with E-state index >= 15 is 0 Å². The van der Waals surface area contributed by atoms with E-state index in [1.165, 1.54) is 6.33 Å². The van der Waals surface area contributed by atoms with Crippen LogP contribution in [0.3, 0.4) is 0 Å². The van der Waals surface area contributed by atoms with Crippen LogP contribution < -0.4 is 5.32 Å². The number of hydrogen-bond acceptors (Lipinski definition) is 9. The number of ether oxygens (including phenoxy) is 1. The number of rotatable bonds is 7. The highest BCUT2D eigenvalue weighted by Crippen LogP contribution is 2.48. The first-order valence-electron chi connectivity index (χ1n) is 16.5. The van der Waals surface area contributed by atoms with Crippen molar-refractivity contribution in [2.24, 2.45) is 0 Å². The maximum Gasteiger partial charge on any atom is 0.335 e. The monoisotopic (exact) mass is 669 g/mol. The average Bonchev–Trinajstić information content (AvgIpc) is 3.53. The summed E-state index contributed by atoms with van der Waals surface area (Å²) in [7, 11) is -5.72. The van der Waals surface area contributed by atoms with Gasteiger partial charge in [-0.25, -0.2) is 15.0 Å². The first kappa shape index (κ1) is 34.8. The highest BCUT2D eigenvalue weighted by Gasteiger charge is 2.61. The van der Waals surface area contributed by atoms with E-state index in [1.807, 2.05) is 24.3 Å². The molecule has 0 aliphatic carbocycles. The van der Waals surface area contributed by atoms with Gasteiger partial charge in [-0.15, -0.1) is 0 Å². The molecule has 2 N–H and O–H groups in total. The van der Waals surface area contributed by atoms with Crippen LogP contribution in [0.2, 0.25) is 22.2 Å². The van der Waals surface area contributed by atoms with Gasteiger partial charge >= 0.3 is 17.1 Å².